The molecule has 0 heteroatoms. The molecule has 0 nitrogen and oxygen atoms in total. The Morgan fingerprint density at radius 1 is 1.09 bits per heavy atom. The standard InChI is InChI=1S/C11H20/c1-9(2)10-5-8-11(10)6-3-4-7-11/h9-10H,3-8H2,1-2H3/t10-/m0/s1. The Bertz CT molecular complexity index is 140. The summed E-state index contributed by atoms with van der Waals surface area (Å²) in [5, 5.41) is 0. The second kappa shape index (κ2) is 2.50. The van der Waals surface area contributed by atoms with Crippen LogP contribution in [0.25, 0.3) is 0 Å². The van der Waals surface area contributed by atoms with E-state index in [9.17, 15) is 0 Å². The highest BCUT2D eigenvalue weighted by molar-refractivity contribution is 4.99. The molecule has 2 saturated carbocycles. The minimum Gasteiger partial charge on any atom is -0.0625 e. The second-order valence-corrected chi connectivity index (χ2v) is 4.96. The molecule has 2 aliphatic carbocycles. The minimum absolute atomic E-state index is 0.855. The van der Waals surface area contributed by atoms with E-state index in [0.29, 0.717) is 0 Å². The maximum atomic E-state index is 2.41. The van der Waals surface area contributed by atoms with E-state index in [1.54, 1.807) is 19.3 Å². The van der Waals surface area contributed by atoms with Gasteiger partial charge in [-0.25, -0.2) is 0 Å². The van der Waals surface area contributed by atoms with Gasteiger partial charge in [0.15, 0.2) is 0 Å². The van der Waals surface area contributed by atoms with E-state index in [1.165, 1.54) is 19.3 Å². The summed E-state index contributed by atoms with van der Waals surface area (Å²) in [5.74, 6) is 2.03. The molecule has 11 heavy (non-hydrogen) atoms. The molecule has 64 valence electrons. The fourth-order valence-electron chi connectivity index (χ4n) is 3.46. The highest BCUT2D eigenvalue weighted by Gasteiger charge is 2.48. The topological polar surface area (TPSA) is 0 Å². The van der Waals surface area contributed by atoms with Crippen molar-refractivity contribution in [3.63, 3.8) is 0 Å². The third-order valence-corrected chi connectivity index (χ3v) is 4.14. The van der Waals surface area contributed by atoms with E-state index in [4.69, 9.17) is 0 Å². The fourth-order valence-corrected chi connectivity index (χ4v) is 3.46. The predicted molar refractivity (Wildman–Crippen MR) is 48.5 cm³/mol. The van der Waals surface area contributed by atoms with Crippen LogP contribution in [0.15, 0.2) is 0 Å². The molecule has 0 unspecified atom stereocenters. The van der Waals surface area contributed by atoms with Gasteiger partial charge in [0.25, 0.3) is 0 Å². The normalized spacial score (nSPS) is 34.6. The van der Waals surface area contributed by atoms with Crippen LogP contribution in [0.4, 0.5) is 0 Å². The summed E-state index contributed by atoms with van der Waals surface area (Å²) in [6.07, 6.45) is 9.21. The molecule has 1 atom stereocenters. The molecule has 1 spiro atoms. The van der Waals surface area contributed by atoms with Gasteiger partial charge in [-0.3, -0.25) is 0 Å². The Kier molecular flexibility index (Phi) is 1.74. The highest BCUT2D eigenvalue weighted by atomic mass is 14.5. The summed E-state index contributed by atoms with van der Waals surface area (Å²) in [4.78, 5) is 0. The van der Waals surface area contributed by atoms with Gasteiger partial charge in [0.05, 0.1) is 0 Å². The first-order valence-electron chi connectivity index (χ1n) is 5.25. The van der Waals surface area contributed by atoms with Crippen LogP contribution in [0.2, 0.25) is 0 Å². The third-order valence-electron chi connectivity index (χ3n) is 4.14. The zero-order valence-electron chi connectivity index (χ0n) is 7.90. The maximum Gasteiger partial charge on any atom is -0.0267 e. The molecule has 0 aromatic heterocycles. The van der Waals surface area contributed by atoms with Crippen LogP contribution in [0.3, 0.4) is 0 Å². The van der Waals surface area contributed by atoms with E-state index in [2.05, 4.69) is 13.8 Å². The first kappa shape index (κ1) is 7.64. The van der Waals surface area contributed by atoms with Gasteiger partial charge in [-0.05, 0) is 42.9 Å². The van der Waals surface area contributed by atoms with Crippen LogP contribution >= 0.6 is 0 Å². The fraction of sp³-hybridized carbons (Fsp3) is 1.00. The molecule has 0 saturated heterocycles. The summed E-state index contributed by atoms with van der Waals surface area (Å²) in [6, 6.07) is 0. The Labute approximate surface area is 70.4 Å². The highest BCUT2D eigenvalue weighted by Crippen LogP contribution is 2.59. The van der Waals surface area contributed by atoms with Crippen LogP contribution in [-0.4, -0.2) is 0 Å². The average molecular weight is 152 g/mol. The van der Waals surface area contributed by atoms with Crippen LogP contribution in [0, 0.1) is 17.3 Å². The first-order chi connectivity index (χ1) is 5.25. The van der Waals surface area contributed by atoms with E-state index < -0.39 is 0 Å². The van der Waals surface area contributed by atoms with Crippen molar-refractivity contribution in [1.82, 2.24) is 0 Å². The Balaban J connectivity index is 2.03. The molecule has 0 aromatic carbocycles. The van der Waals surface area contributed by atoms with Crippen molar-refractivity contribution in [2.45, 2.75) is 52.4 Å². The molecule has 2 rings (SSSR count). The quantitative estimate of drug-likeness (QED) is 0.538. The molecule has 0 aromatic rings. The first-order valence-corrected chi connectivity index (χ1v) is 5.25. The van der Waals surface area contributed by atoms with Crippen molar-refractivity contribution in [3.05, 3.63) is 0 Å². The van der Waals surface area contributed by atoms with Crippen molar-refractivity contribution in [2.24, 2.45) is 17.3 Å². The van der Waals surface area contributed by atoms with Gasteiger partial charge >= 0.3 is 0 Å². The van der Waals surface area contributed by atoms with E-state index in [0.717, 1.165) is 17.3 Å². The van der Waals surface area contributed by atoms with Crippen LogP contribution < -0.4 is 0 Å². The van der Waals surface area contributed by atoms with Gasteiger partial charge in [-0.15, -0.1) is 0 Å². The summed E-state index contributed by atoms with van der Waals surface area (Å²) < 4.78 is 0. The summed E-state index contributed by atoms with van der Waals surface area (Å²) >= 11 is 0. The molecule has 0 amide bonds. The van der Waals surface area contributed by atoms with E-state index in [-0.39, 0.29) is 0 Å². The second-order valence-electron chi connectivity index (χ2n) is 4.96. The van der Waals surface area contributed by atoms with Crippen LogP contribution in [0.1, 0.15) is 52.4 Å². The van der Waals surface area contributed by atoms with Crippen molar-refractivity contribution >= 4 is 0 Å². The largest absolute Gasteiger partial charge is 0.0625 e. The summed E-state index contributed by atoms with van der Waals surface area (Å²) in [7, 11) is 0. The van der Waals surface area contributed by atoms with Crippen molar-refractivity contribution in [2.75, 3.05) is 0 Å². The van der Waals surface area contributed by atoms with E-state index in [1.807, 2.05) is 0 Å². The number of hydrogen-bond acceptors (Lipinski definition) is 0. The minimum atomic E-state index is 0.855. The van der Waals surface area contributed by atoms with Gasteiger partial charge in [0.2, 0.25) is 0 Å². The molecule has 0 heterocycles. The average Bonchev–Trinajstić information content (AvgIpc) is 2.31. The lowest BCUT2D eigenvalue weighted by Gasteiger charge is -2.50. The summed E-state index contributed by atoms with van der Waals surface area (Å²) in [5.41, 5.74) is 0.855. The maximum absolute atomic E-state index is 2.41. The van der Waals surface area contributed by atoms with Crippen molar-refractivity contribution in [1.29, 1.82) is 0 Å². The van der Waals surface area contributed by atoms with Crippen LogP contribution in [0.5, 0.6) is 0 Å². The van der Waals surface area contributed by atoms with Gasteiger partial charge in [0, 0.05) is 0 Å². The Morgan fingerprint density at radius 2 is 1.73 bits per heavy atom. The third kappa shape index (κ3) is 1.02. The van der Waals surface area contributed by atoms with Gasteiger partial charge < -0.3 is 0 Å². The molecule has 0 N–H and O–H groups in total. The smallest absolute Gasteiger partial charge is 0.0267 e. The van der Waals surface area contributed by atoms with Crippen LogP contribution in [-0.2, 0) is 0 Å². The predicted octanol–water partition coefficient (Wildman–Crippen LogP) is 3.61. The molecular weight excluding hydrogens is 132 g/mol. The molecule has 0 bridgehead atoms. The number of rotatable bonds is 1. The summed E-state index contributed by atoms with van der Waals surface area (Å²) in [6.45, 7) is 4.81. The Morgan fingerprint density at radius 3 is 2.09 bits per heavy atom. The molecule has 0 radical (unpaired) electrons. The SMILES string of the molecule is CC(C)[C@@H]1CCC12CCCC2. The molecule has 2 aliphatic rings. The Hall–Kier alpha value is 0. The van der Waals surface area contributed by atoms with Gasteiger partial charge in [0.1, 0.15) is 0 Å². The number of hydrogen-bond donors (Lipinski definition) is 0. The lowest BCUT2D eigenvalue weighted by atomic mass is 9.55. The molecular formula is C11H20. The molecule has 2 fully saturated rings. The lowest BCUT2D eigenvalue weighted by Crippen LogP contribution is -2.40. The van der Waals surface area contributed by atoms with Gasteiger partial charge in [-0.1, -0.05) is 26.7 Å². The zero-order valence-corrected chi connectivity index (χ0v) is 7.90. The van der Waals surface area contributed by atoms with Crippen molar-refractivity contribution < 1.29 is 0 Å². The lowest BCUT2D eigenvalue weighted by molar-refractivity contribution is 0.00252. The van der Waals surface area contributed by atoms with Crippen molar-refractivity contribution in [3.8, 4) is 0 Å². The monoisotopic (exact) mass is 152 g/mol. The van der Waals surface area contributed by atoms with E-state index >= 15 is 0 Å². The zero-order chi connectivity index (χ0) is 7.90. The van der Waals surface area contributed by atoms with Gasteiger partial charge in [-0.2, -0.15) is 0 Å². The molecule has 0 aliphatic heterocycles.